The maximum atomic E-state index is 10.3. The van der Waals surface area contributed by atoms with Crippen LogP contribution in [0.1, 0.15) is 26.2 Å². The average Bonchev–Trinajstić information content (AvgIpc) is 2.27. The molecule has 2 heteroatoms. The summed E-state index contributed by atoms with van der Waals surface area (Å²) in [7, 11) is 0. The third-order valence-corrected chi connectivity index (χ3v) is 2.01. The molecule has 13 heavy (non-hydrogen) atoms. The second-order valence-corrected chi connectivity index (χ2v) is 3.19. The molecule has 2 nitrogen and oxygen atoms in total. The number of carboxylic acid groups (broad SMARTS) is 1. The van der Waals surface area contributed by atoms with Gasteiger partial charge in [-0.15, -0.1) is 0 Å². The van der Waals surface area contributed by atoms with Crippen LogP contribution in [0.25, 0.3) is 0 Å². The number of hydrogen-bond acceptors (Lipinski definition) is 1. The number of aliphatic carboxylic acids is 1. The Kier molecular flexibility index (Phi) is 3.50. The van der Waals surface area contributed by atoms with Crippen molar-refractivity contribution in [2.24, 2.45) is 0 Å². The molecule has 0 aliphatic heterocycles. The van der Waals surface area contributed by atoms with Crippen LogP contribution in [0, 0.1) is 0 Å². The van der Waals surface area contributed by atoms with Crippen molar-refractivity contribution in [2.45, 2.75) is 26.2 Å². The van der Waals surface area contributed by atoms with E-state index >= 15 is 0 Å². The number of rotatable bonds is 3. The first-order chi connectivity index (χ1) is 6.18. The van der Waals surface area contributed by atoms with Crippen LogP contribution in [-0.4, -0.2) is 11.1 Å². The minimum Gasteiger partial charge on any atom is -0.481 e. The lowest BCUT2D eigenvalue weighted by Gasteiger charge is -1.96. The molecular weight excluding hydrogens is 164 g/mol. The summed E-state index contributed by atoms with van der Waals surface area (Å²) >= 11 is 0. The van der Waals surface area contributed by atoms with Crippen molar-refractivity contribution >= 4 is 5.97 Å². The second-order valence-electron chi connectivity index (χ2n) is 3.19. The van der Waals surface area contributed by atoms with Crippen molar-refractivity contribution in [3.8, 4) is 0 Å². The predicted molar refractivity (Wildman–Crippen MR) is 52.5 cm³/mol. The molecule has 0 heterocycles. The van der Waals surface area contributed by atoms with Gasteiger partial charge in [0, 0.05) is 6.42 Å². The van der Waals surface area contributed by atoms with Crippen LogP contribution in [0.2, 0.25) is 0 Å². The Morgan fingerprint density at radius 2 is 2.23 bits per heavy atom. The van der Waals surface area contributed by atoms with E-state index in [4.69, 9.17) is 5.11 Å². The Labute approximate surface area is 78.3 Å². The van der Waals surface area contributed by atoms with Gasteiger partial charge in [-0.2, -0.15) is 0 Å². The van der Waals surface area contributed by atoms with Crippen molar-refractivity contribution in [3.63, 3.8) is 0 Å². The summed E-state index contributed by atoms with van der Waals surface area (Å²) in [5, 5.41) is 8.50. The highest BCUT2D eigenvalue weighted by atomic mass is 16.4. The molecule has 0 saturated carbocycles. The van der Waals surface area contributed by atoms with Crippen molar-refractivity contribution in [3.05, 3.63) is 35.5 Å². The van der Waals surface area contributed by atoms with E-state index in [9.17, 15) is 4.79 Å². The molecule has 0 fully saturated rings. The Hall–Kier alpha value is -1.31. The average molecular weight is 178 g/mol. The quantitative estimate of drug-likeness (QED) is 0.721. The van der Waals surface area contributed by atoms with Gasteiger partial charge in [0.25, 0.3) is 0 Å². The molecule has 1 N–H and O–H groups in total. The molecule has 0 aromatic carbocycles. The van der Waals surface area contributed by atoms with Crippen LogP contribution < -0.4 is 0 Å². The summed E-state index contributed by atoms with van der Waals surface area (Å²) in [6.45, 7) is 2.05. The Morgan fingerprint density at radius 1 is 1.46 bits per heavy atom. The van der Waals surface area contributed by atoms with Gasteiger partial charge in [-0.3, -0.25) is 4.79 Å². The van der Waals surface area contributed by atoms with Gasteiger partial charge in [-0.25, -0.2) is 0 Å². The molecule has 70 valence electrons. The van der Waals surface area contributed by atoms with Crippen molar-refractivity contribution in [1.82, 2.24) is 0 Å². The molecule has 0 amide bonds. The smallest absolute Gasteiger partial charge is 0.303 e. The molecule has 0 bridgehead atoms. The monoisotopic (exact) mass is 178 g/mol. The summed E-state index contributed by atoms with van der Waals surface area (Å²) < 4.78 is 0. The minimum atomic E-state index is -0.733. The van der Waals surface area contributed by atoms with Crippen LogP contribution in [-0.2, 0) is 4.79 Å². The van der Waals surface area contributed by atoms with E-state index in [-0.39, 0.29) is 6.42 Å². The molecule has 0 aromatic heterocycles. The fraction of sp³-hybridized carbons (Fsp3) is 0.364. The van der Waals surface area contributed by atoms with E-state index in [1.165, 1.54) is 5.57 Å². The summed E-state index contributed by atoms with van der Waals surface area (Å²) in [6, 6.07) is 0. The van der Waals surface area contributed by atoms with E-state index < -0.39 is 5.97 Å². The summed E-state index contributed by atoms with van der Waals surface area (Å²) in [5.74, 6) is -0.733. The molecule has 0 aromatic rings. The lowest BCUT2D eigenvalue weighted by Crippen LogP contribution is -1.94. The maximum Gasteiger partial charge on any atom is 0.303 e. The molecule has 0 spiro atoms. The maximum absolute atomic E-state index is 10.3. The fourth-order valence-electron chi connectivity index (χ4n) is 1.21. The summed E-state index contributed by atoms with van der Waals surface area (Å²) in [4.78, 5) is 10.3. The zero-order chi connectivity index (χ0) is 9.68. The highest BCUT2D eigenvalue weighted by molar-refractivity contribution is 5.67. The highest BCUT2D eigenvalue weighted by Crippen LogP contribution is 2.14. The van der Waals surface area contributed by atoms with Gasteiger partial charge in [0.15, 0.2) is 0 Å². The molecule has 0 unspecified atom stereocenters. The lowest BCUT2D eigenvalue weighted by atomic mass is 10.1. The number of hydrogen-bond donors (Lipinski definition) is 1. The molecular formula is C11H14O2. The molecule has 1 aliphatic carbocycles. The fourth-order valence-corrected chi connectivity index (χ4v) is 1.21. The Bertz CT molecular complexity index is 282. The molecule has 0 radical (unpaired) electrons. The van der Waals surface area contributed by atoms with Gasteiger partial charge in [0.2, 0.25) is 0 Å². The first-order valence-electron chi connectivity index (χ1n) is 4.44. The Balaban J connectivity index is 2.49. The van der Waals surface area contributed by atoms with Crippen molar-refractivity contribution in [2.75, 3.05) is 0 Å². The highest BCUT2D eigenvalue weighted by Gasteiger charge is 2.00. The topological polar surface area (TPSA) is 37.3 Å². The largest absolute Gasteiger partial charge is 0.481 e. The zero-order valence-electron chi connectivity index (χ0n) is 7.79. The van der Waals surface area contributed by atoms with E-state index in [1.807, 2.05) is 19.1 Å². The predicted octanol–water partition coefficient (Wildman–Crippen LogP) is 2.68. The molecule has 0 saturated heterocycles. The lowest BCUT2D eigenvalue weighted by molar-refractivity contribution is -0.136. The standard InChI is InChI=1S/C11H14O2/c1-9-3-2-4-10(6-5-9)7-8-11(12)13/h3-6H,2,7-8H2,1H3,(H,12,13). The number of allylic oxidation sites excluding steroid dienone is 6. The Morgan fingerprint density at radius 3 is 2.92 bits per heavy atom. The number of carbonyl (C=O) groups is 1. The van der Waals surface area contributed by atoms with Gasteiger partial charge in [0.05, 0.1) is 0 Å². The van der Waals surface area contributed by atoms with Crippen LogP contribution in [0.15, 0.2) is 35.5 Å². The SMILES string of the molecule is CC1=CCC=C(CCC(=O)O)C=C1. The molecule has 0 atom stereocenters. The molecule has 1 aliphatic rings. The zero-order valence-corrected chi connectivity index (χ0v) is 7.79. The van der Waals surface area contributed by atoms with Crippen molar-refractivity contribution in [1.29, 1.82) is 0 Å². The van der Waals surface area contributed by atoms with E-state index in [0.29, 0.717) is 6.42 Å². The second kappa shape index (κ2) is 4.65. The minimum absolute atomic E-state index is 0.217. The molecule has 1 rings (SSSR count). The van der Waals surface area contributed by atoms with Crippen molar-refractivity contribution < 1.29 is 9.90 Å². The van der Waals surface area contributed by atoms with Crippen LogP contribution in [0.3, 0.4) is 0 Å². The van der Waals surface area contributed by atoms with Gasteiger partial charge < -0.3 is 5.11 Å². The van der Waals surface area contributed by atoms with Crippen LogP contribution >= 0.6 is 0 Å². The third-order valence-electron chi connectivity index (χ3n) is 2.01. The van der Waals surface area contributed by atoms with Crippen LogP contribution in [0.4, 0.5) is 0 Å². The summed E-state index contributed by atoms with van der Waals surface area (Å²) in [6.07, 6.45) is 10.00. The van der Waals surface area contributed by atoms with Gasteiger partial charge >= 0.3 is 5.97 Å². The van der Waals surface area contributed by atoms with Gasteiger partial charge in [0.1, 0.15) is 0 Å². The summed E-state index contributed by atoms with van der Waals surface area (Å²) in [5.41, 5.74) is 2.36. The first-order valence-corrected chi connectivity index (χ1v) is 4.44. The number of carboxylic acids is 1. The van der Waals surface area contributed by atoms with E-state index in [0.717, 1.165) is 12.0 Å². The normalized spacial score (nSPS) is 16.1. The van der Waals surface area contributed by atoms with E-state index in [1.54, 1.807) is 0 Å². The third kappa shape index (κ3) is 3.74. The first kappa shape index (κ1) is 9.78. The van der Waals surface area contributed by atoms with Crippen LogP contribution in [0.5, 0.6) is 0 Å². The van der Waals surface area contributed by atoms with E-state index in [2.05, 4.69) is 12.2 Å². The van der Waals surface area contributed by atoms with Gasteiger partial charge in [-0.1, -0.05) is 35.5 Å². The van der Waals surface area contributed by atoms with Gasteiger partial charge in [-0.05, 0) is 19.8 Å².